The predicted octanol–water partition coefficient (Wildman–Crippen LogP) is 3.52. The van der Waals surface area contributed by atoms with Crippen LogP contribution in [0.2, 0.25) is 0 Å². The average Bonchev–Trinajstić information content (AvgIpc) is 2.71. The Morgan fingerprint density at radius 2 is 1.63 bits per heavy atom. The van der Waals surface area contributed by atoms with Gasteiger partial charge in [-0.3, -0.25) is 0 Å². The van der Waals surface area contributed by atoms with Crippen LogP contribution in [0.25, 0.3) is 0 Å². The number of aryl methyl sites for hydroxylation is 2. The summed E-state index contributed by atoms with van der Waals surface area (Å²) in [6.07, 6.45) is 0. The van der Waals surface area contributed by atoms with Gasteiger partial charge in [0.15, 0.2) is 0 Å². The number of rotatable bonds is 8. The number of methoxy groups -OCH3 is 2. The highest BCUT2D eigenvalue weighted by Crippen LogP contribution is 2.27. The second kappa shape index (κ2) is 9.00. The first-order valence-electron chi connectivity index (χ1n) is 9.21. The molecule has 0 saturated carbocycles. The Morgan fingerprint density at radius 1 is 0.933 bits per heavy atom. The lowest BCUT2D eigenvalue weighted by atomic mass is 10.2. The van der Waals surface area contributed by atoms with Crippen LogP contribution in [0.5, 0.6) is 11.5 Å². The van der Waals surface area contributed by atoms with Gasteiger partial charge in [0.1, 0.15) is 16.4 Å². The fraction of sp³-hybridized carbons (Fsp3) is 0.238. The molecule has 0 atom stereocenters. The van der Waals surface area contributed by atoms with Gasteiger partial charge in [-0.2, -0.15) is 0 Å². The molecule has 0 spiro atoms. The van der Waals surface area contributed by atoms with Crippen molar-refractivity contribution in [1.82, 2.24) is 9.97 Å². The number of benzene rings is 2. The normalized spacial score (nSPS) is 11.1. The Morgan fingerprint density at radius 3 is 2.30 bits per heavy atom. The SMILES string of the molecule is COc1ccc(OC)c(CNc2ccccc2S(=O)(=O)Nc2nc(C)cc(C)n2)c1. The fourth-order valence-electron chi connectivity index (χ4n) is 3.00. The van der Waals surface area contributed by atoms with Crippen molar-refractivity contribution >= 4 is 21.7 Å². The van der Waals surface area contributed by atoms with Gasteiger partial charge in [0.05, 0.1) is 19.9 Å². The third-order valence-electron chi connectivity index (χ3n) is 4.34. The summed E-state index contributed by atoms with van der Waals surface area (Å²) in [7, 11) is -0.738. The van der Waals surface area contributed by atoms with E-state index < -0.39 is 10.0 Å². The molecule has 0 radical (unpaired) electrons. The van der Waals surface area contributed by atoms with Crippen LogP contribution in [0.4, 0.5) is 11.6 Å². The summed E-state index contributed by atoms with van der Waals surface area (Å²) in [5.74, 6) is 1.39. The van der Waals surface area contributed by atoms with E-state index in [-0.39, 0.29) is 10.8 Å². The van der Waals surface area contributed by atoms with Crippen LogP contribution in [0.15, 0.2) is 53.4 Å². The molecule has 1 heterocycles. The molecule has 0 aliphatic carbocycles. The number of nitrogens with one attached hydrogen (secondary N) is 2. The smallest absolute Gasteiger partial charge is 0.266 e. The van der Waals surface area contributed by atoms with E-state index in [0.29, 0.717) is 35.1 Å². The zero-order valence-electron chi connectivity index (χ0n) is 17.3. The van der Waals surface area contributed by atoms with Crippen molar-refractivity contribution in [3.05, 3.63) is 65.5 Å². The van der Waals surface area contributed by atoms with E-state index >= 15 is 0 Å². The van der Waals surface area contributed by atoms with Crippen LogP contribution < -0.4 is 19.5 Å². The molecule has 30 heavy (non-hydrogen) atoms. The van der Waals surface area contributed by atoms with E-state index in [1.54, 1.807) is 64.5 Å². The second-order valence-electron chi connectivity index (χ2n) is 6.61. The monoisotopic (exact) mass is 428 g/mol. The third kappa shape index (κ3) is 4.98. The maximum atomic E-state index is 13.0. The number of para-hydroxylation sites is 1. The first kappa shape index (κ1) is 21.4. The van der Waals surface area contributed by atoms with Crippen molar-refractivity contribution in [3.8, 4) is 11.5 Å². The first-order valence-corrected chi connectivity index (χ1v) is 10.7. The lowest BCUT2D eigenvalue weighted by Crippen LogP contribution is -2.17. The maximum absolute atomic E-state index is 13.0. The minimum atomic E-state index is -3.90. The highest BCUT2D eigenvalue weighted by Gasteiger charge is 2.20. The molecule has 2 N–H and O–H groups in total. The highest BCUT2D eigenvalue weighted by molar-refractivity contribution is 7.92. The van der Waals surface area contributed by atoms with Crippen LogP contribution in [0.1, 0.15) is 17.0 Å². The molecular weight excluding hydrogens is 404 g/mol. The summed E-state index contributed by atoms with van der Waals surface area (Å²) in [5, 5.41) is 3.17. The van der Waals surface area contributed by atoms with Crippen LogP contribution in [-0.4, -0.2) is 32.6 Å². The van der Waals surface area contributed by atoms with Gasteiger partial charge >= 0.3 is 0 Å². The zero-order valence-corrected chi connectivity index (χ0v) is 18.1. The van der Waals surface area contributed by atoms with Crippen LogP contribution >= 0.6 is 0 Å². The molecule has 0 saturated heterocycles. The number of sulfonamides is 1. The largest absolute Gasteiger partial charge is 0.497 e. The number of hydrogen-bond donors (Lipinski definition) is 2. The highest BCUT2D eigenvalue weighted by atomic mass is 32.2. The van der Waals surface area contributed by atoms with Crippen molar-refractivity contribution in [3.63, 3.8) is 0 Å². The molecule has 3 rings (SSSR count). The van der Waals surface area contributed by atoms with E-state index in [0.717, 1.165) is 5.56 Å². The Bertz CT molecular complexity index is 1130. The van der Waals surface area contributed by atoms with Crippen LogP contribution in [0.3, 0.4) is 0 Å². The van der Waals surface area contributed by atoms with E-state index in [4.69, 9.17) is 9.47 Å². The van der Waals surface area contributed by atoms with Gasteiger partial charge in [-0.25, -0.2) is 23.1 Å². The lowest BCUT2D eigenvalue weighted by Gasteiger charge is -2.15. The summed E-state index contributed by atoms with van der Waals surface area (Å²) in [6.45, 7) is 3.90. The molecule has 0 fully saturated rings. The quantitative estimate of drug-likeness (QED) is 0.566. The Kier molecular flexibility index (Phi) is 6.41. The minimum Gasteiger partial charge on any atom is -0.497 e. The summed E-state index contributed by atoms with van der Waals surface area (Å²) in [6, 6.07) is 13.9. The molecule has 9 heteroatoms. The van der Waals surface area contributed by atoms with E-state index in [2.05, 4.69) is 20.0 Å². The summed E-state index contributed by atoms with van der Waals surface area (Å²) < 4.78 is 39.1. The van der Waals surface area contributed by atoms with Gasteiger partial charge < -0.3 is 14.8 Å². The maximum Gasteiger partial charge on any atom is 0.266 e. The summed E-state index contributed by atoms with van der Waals surface area (Å²) in [5.41, 5.74) is 2.63. The minimum absolute atomic E-state index is 0.0387. The summed E-state index contributed by atoms with van der Waals surface area (Å²) >= 11 is 0. The van der Waals surface area contributed by atoms with Crippen molar-refractivity contribution in [1.29, 1.82) is 0 Å². The van der Waals surface area contributed by atoms with Crippen molar-refractivity contribution in [2.24, 2.45) is 0 Å². The molecule has 0 bridgehead atoms. The van der Waals surface area contributed by atoms with Crippen molar-refractivity contribution in [2.45, 2.75) is 25.3 Å². The van der Waals surface area contributed by atoms with Gasteiger partial charge in [0.25, 0.3) is 10.0 Å². The average molecular weight is 429 g/mol. The van der Waals surface area contributed by atoms with E-state index in [9.17, 15) is 8.42 Å². The Balaban J connectivity index is 1.87. The number of ether oxygens (including phenoxy) is 2. The van der Waals surface area contributed by atoms with Crippen molar-refractivity contribution < 1.29 is 17.9 Å². The van der Waals surface area contributed by atoms with Gasteiger partial charge in [-0.05, 0) is 50.2 Å². The summed E-state index contributed by atoms with van der Waals surface area (Å²) in [4.78, 5) is 8.41. The van der Waals surface area contributed by atoms with Gasteiger partial charge in [-0.15, -0.1) is 0 Å². The Labute approximate surface area is 176 Å². The van der Waals surface area contributed by atoms with E-state index in [1.165, 1.54) is 6.07 Å². The molecule has 3 aromatic rings. The topological polar surface area (TPSA) is 102 Å². The van der Waals surface area contributed by atoms with Crippen LogP contribution in [-0.2, 0) is 16.6 Å². The third-order valence-corrected chi connectivity index (χ3v) is 5.73. The first-order chi connectivity index (χ1) is 14.3. The molecule has 2 aromatic carbocycles. The molecule has 1 aromatic heterocycles. The Hall–Kier alpha value is -3.33. The van der Waals surface area contributed by atoms with Gasteiger partial charge in [-0.1, -0.05) is 12.1 Å². The fourth-order valence-corrected chi connectivity index (χ4v) is 4.13. The van der Waals surface area contributed by atoms with Crippen molar-refractivity contribution in [2.75, 3.05) is 24.3 Å². The predicted molar refractivity (Wildman–Crippen MR) is 116 cm³/mol. The second-order valence-corrected chi connectivity index (χ2v) is 8.26. The number of nitrogens with zero attached hydrogens (tertiary/aromatic N) is 2. The lowest BCUT2D eigenvalue weighted by molar-refractivity contribution is 0.399. The molecule has 0 aliphatic heterocycles. The standard InChI is InChI=1S/C21H24N4O4S/c1-14-11-15(2)24-21(23-14)25-30(26,27)20-8-6-5-7-18(20)22-13-16-12-17(28-3)9-10-19(16)29-4/h5-12,22H,13H2,1-4H3,(H,23,24,25). The number of anilines is 2. The molecular formula is C21H24N4O4S. The van der Waals surface area contributed by atoms with Crippen LogP contribution in [0, 0.1) is 13.8 Å². The molecule has 158 valence electrons. The van der Waals surface area contributed by atoms with Gasteiger partial charge in [0, 0.05) is 23.5 Å². The van der Waals surface area contributed by atoms with E-state index in [1.807, 2.05) is 6.07 Å². The molecule has 0 aliphatic rings. The van der Waals surface area contributed by atoms with Gasteiger partial charge in [0.2, 0.25) is 5.95 Å². The number of hydrogen-bond acceptors (Lipinski definition) is 7. The molecule has 8 nitrogen and oxygen atoms in total. The molecule has 0 amide bonds. The zero-order chi connectivity index (χ0) is 21.7. The number of aromatic nitrogens is 2. The molecule has 0 unspecified atom stereocenters.